The van der Waals surface area contributed by atoms with Crippen molar-refractivity contribution in [2.24, 2.45) is 5.92 Å². The number of imidazole rings is 1. The van der Waals surface area contributed by atoms with Crippen LogP contribution in [-0.4, -0.2) is 63.4 Å². The Morgan fingerprint density at radius 2 is 2.06 bits per heavy atom. The molecule has 0 radical (unpaired) electrons. The summed E-state index contributed by atoms with van der Waals surface area (Å²) >= 11 is 0. The lowest BCUT2D eigenvalue weighted by atomic mass is 10.2. The van der Waals surface area contributed by atoms with Crippen molar-refractivity contribution in [3.8, 4) is 0 Å². The Labute approximate surface area is 189 Å². The zero-order valence-corrected chi connectivity index (χ0v) is 19.2. The van der Waals surface area contributed by atoms with E-state index >= 15 is 0 Å². The molecule has 1 aromatic carbocycles. The quantitative estimate of drug-likeness (QED) is 0.597. The molecule has 174 valence electrons. The number of hydrogen-bond donors (Lipinski definition) is 0. The molecule has 1 aliphatic rings. The summed E-state index contributed by atoms with van der Waals surface area (Å²) in [7, 11) is 0. The van der Waals surface area contributed by atoms with Gasteiger partial charge in [-0.2, -0.15) is 0 Å². The van der Waals surface area contributed by atoms with E-state index in [2.05, 4.69) is 4.98 Å². The highest BCUT2D eigenvalue weighted by atomic mass is 19.1. The van der Waals surface area contributed by atoms with Crippen LogP contribution in [0.25, 0.3) is 0 Å². The third kappa shape index (κ3) is 6.38. The van der Waals surface area contributed by atoms with Crippen LogP contribution in [0.5, 0.6) is 0 Å². The van der Waals surface area contributed by atoms with Gasteiger partial charge >= 0.3 is 0 Å². The van der Waals surface area contributed by atoms with Crippen molar-refractivity contribution in [3.63, 3.8) is 0 Å². The van der Waals surface area contributed by atoms with E-state index in [0.717, 1.165) is 12.2 Å². The van der Waals surface area contributed by atoms with Crippen LogP contribution in [0.1, 0.15) is 38.6 Å². The van der Waals surface area contributed by atoms with Gasteiger partial charge in [0, 0.05) is 57.0 Å². The smallest absolute Gasteiger partial charge is 0.242 e. The summed E-state index contributed by atoms with van der Waals surface area (Å²) in [5.41, 5.74) is 0.462. The first-order valence-electron chi connectivity index (χ1n) is 11.3. The second-order valence-electron chi connectivity index (χ2n) is 8.63. The lowest BCUT2D eigenvalue weighted by Gasteiger charge is -2.26. The van der Waals surface area contributed by atoms with E-state index in [4.69, 9.17) is 4.74 Å². The minimum Gasteiger partial charge on any atom is -0.370 e. The van der Waals surface area contributed by atoms with Crippen molar-refractivity contribution in [3.05, 3.63) is 53.9 Å². The number of aryl methyl sites for hydroxylation is 2. The third-order valence-corrected chi connectivity index (χ3v) is 5.58. The van der Waals surface area contributed by atoms with Gasteiger partial charge in [0.25, 0.3) is 0 Å². The zero-order chi connectivity index (χ0) is 23.1. The summed E-state index contributed by atoms with van der Waals surface area (Å²) in [5, 5.41) is 0. The molecule has 2 heterocycles. The largest absolute Gasteiger partial charge is 0.370 e. The molecule has 1 atom stereocenters. The van der Waals surface area contributed by atoms with E-state index < -0.39 is 0 Å². The molecule has 3 rings (SSSR count). The Morgan fingerprint density at radius 1 is 1.28 bits per heavy atom. The van der Waals surface area contributed by atoms with E-state index in [1.807, 2.05) is 31.5 Å². The highest BCUT2D eigenvalue weighted by Gasteiger charge is 2.31. The maximum Gasteiger partial charge on any atom is 0.242 e. The number of benzene rings is 1. The summed E-state index contributed by atoms with van der Waals surface area (Å²) in [6.07, 6.45) is 4.28. The van der Waals surface area contributed by atoms with Gasteiger partial charge < -0.3 is 19.1 Å². The van der Waals surface area contributed by atoms with Crippen molar-refractivity contribution in [2.45, 2.75) is 52.9 Å². The number of rotatable bonds is 9. The van der Waals surface area contributed by atoms with Gasteiger partial charge in [-0.25, -0.2) is 9.37 Å². The topological polar surface area (TPSA) is 67.7 Å². The molecule has 0 bridgehead atoms. The van der Waals surface area contributed by atoms with Crippen LogP contribution < -0.4 is 0 Å². The lowest BCUT2D eigenvalue weighted by Crippen LogP contribution is -2.40. The fourth-order valence-corrected chi connectivity index (χ4v) is 3.95. The molecule has 2 amide bonds. The van der Waals surface area contributed by atoms with Crippen LogP contribution in [0.2, 0.25) is 0 Å². The first-order chi connectivity index (χ1) is 15.4. The molecule has 7 nitrogen and oxygen atoms in total. The molecule has 1 fully saturated rings. The fraction of sp³-hybridized carbons (Fsp3) is 0.542. The summed E-state index contributed by atoms with van der Waals surface area (Å²) in [6.45, 7) is 8.05. The summed E-state index contributed by atoms with van der Waals surface area (Å²) in [4.78, 5) is 33.5. The highest BCUT2D eigenvalue weighted by Crippen LogP contribution is 2.15. The average Bonchev–Trinajstić information content (AvgIpc) is 3.16. The van der Waals surface area contributed by atoms with Crippen LogP contribution in [0.15, 0.2) is 36.7 Å². The lowest BCUT2D eigenvalue weighted by molar-refractivity contribution is -0.139. The molecule has 0 saturated carbocycles. The molecule has 1 unspecified atom stereocenters. The minimum absolute atomic E-state index is 0.0374. The summed E-state index contributed by atoms with van der Waals surface area (Å²) < 4.78 is 22.0. The first-order valence-corrected chi connectivity index (χ1v) is 11.3. The number of aromatic nitrogens is 2. The van der Waals surface area contributed by atoms with Crippen molar-refractivity contribution >= 4 is 11.8 Å². The molecule has 1 aromatic heterocycles. The maximum atomic E-state index is 14.0. The van der Waals surface area contributed by atoms with E-state index in [9.17, 15) is 14.0 Å². The minimum atomic E-state index is -0.386. The molecule has 1 saturated heterocycles. The normalized spacial score (nSPS) is 17.2. The Bertz CT molecular complexity index is 914. The van der Waals surface area contributed by atoms with Crippen LogP contribution in [0.4, 0.5) is 4.39 Å². The van der Waals surface area contributed by atoms with Gasteiger partial charge in [-0.3, -0.25) is 9.59 Å². The zero-order valence-electron chi connectivity index (χ0n) is 19.2. The van der Waals surface area contributed by atoms with Gasteiger partial charge in [0.2, 0.25) is 11.8 Å². The monoisotopic (exact) mass is 444 g/mol. The third-order valence-electron chi connectivity index (χ3n) is 5.58. The number of carbonyl (C=O) groups excluding carboxylic acids is 2. The van der Waals surface area contributed by atoms with Gasteiger partial charge in [-0.1, -0.05) is 39.0 Å². The van der Waals surface area contributed by atoms with Crippen LogP contribution in [0, 0.1) is 11.7 Å². The number of carbonyl (C=O) groups is 2. The number of amides is 2. The van der Waals surface area contributed by atoms with Gasteiger partial charge in [0.1, 0.15) is 11.6 Å². The fourth-order valence-electron chi connectivity index (χ4n) is 3.95. The van der Waals surface area contributed by atoms with E-state index in [-0.39, 0.29) is 43.3 Å². The Balaban J connectivity index is 1.68. The summed E-state index contributed by atoms with van der Waals surface area (Å²) in [6, 6.07) is 6.48. The van der Waals surface area contributed by atoms with Crippen LogP contribution >= 0.6 is 0 Å². The Kier molecular flexibility index (Phi) is 8.39. The number of ether oxygens (including phenoxy) is 1. The number of halogens is 1. The molecule has 2 aromatic rings. The van der Waals surface area contributed by atoms with Gasteiger partial charge in [-0.05, 0) is 12.0 Å². The molecule has 0 aliphatic carbocycles. The number of hydrogen-bond acceptors (Lipinski definition) is 4. The second kappa shape index (κ2) is 11.2. The van der Waals surface area contributed by atoms with Gasteiger partial charge in [0.05, 0.1) is 19.3 Å². The number of nitrogens with zero attached hydrogens (tertiary/aromatic N) is 4. The van der Waals surface area contributed by atoms with Crippen molar-refractivity contribution in [1.82, 2.24) is 19.4 Å². The average molecular weight is 445 g/mol. The molecule has 0 spiro atoms. The molecular formula is C24H33FN4O3. The van der Waals surface area contributed by atoms with Crippen molar-refractivity contribution < 1.29 is 18.7 Å². The standard InChI is InChI=1S/C24H33FN4O3/c1-4-22-26-10-12-27(22)11-9-23(30)29-15-20(14-28(13-18(2)3)24(31)16-29)32-17-19-7-5-6-8-21(19)25/h5-8,10,12,18,20H,4,9,11,13-17H2,1-3H3. The Hall–Kier alpha value is -2.74. The van der Waals surface area contributed by atoms with Crippen molar-refractivity contribution in [1.29, 1.82) is 0 Å². The molecule has 0 N–H and O–H groups in total. The van der Waals surface area contributed by atoms with E-state index in [0.29, 0.717) is 37.7 Å². The van der Waals surface area contributed by atoms with E-state index in [1.54, 1.807) is 34.2 Å². The predicted molar refractivity (Wildman–Crippen MR) is 119 cm³/mol. The molecule has 32 heavy (non-hydrogen) atoms. The molecule has 1 aliphatic heterocycles. The summed E-state index contributed by atoms with van der Waals surface area (Å²) in [5.74, 6) is 0.721. The maximum absolute atomic E-state index is 14.0. The highest BCUT2D eigenvalue weighted by molar-refractivity contribution is 5.85. The van der Waals surface area contributed by atoms with Crippen LogP contribution in [0.3, 0.4) is 0 Å². The Morgan fingerprint density at radius 3 is 2.78 bits per heavy atom. The van der Waals surface area contributed by atoms with Gasteiger partial charge in [-0.15, -0.1) is 0 Å². The molecular weight excluding hydrogens is 411 g/mol. The van der Waals surface area contributed by atoms with Crippen LogP contribution in [-0.2, 0) is 33.9 Å². The van der Waals surface area contributed by atoms with E-state index in [1.165, 1.54) is 6.07 Å². The van der Waals surface area contributed by atoms with Gasteiger partial charge in [0.15, 0.2) is 0 Å². The first kappa shape index (κ1) is 23.9. The predicted octanol–water partition coefficient (Wildman–Crippen LogP) is 2.89. The second-order valence-corrected chi connectivity index (χ2v) is 8.63. The molecule has 8 heteroatoms. The SMILES string of the molecule is CCc1nccn1CCC(=O)N1CC(=O)N(CC(C)C)CC(OCc2ccccc2F)C1. The van der Waals surface area contributed by atoms with Crippen molar-refractivity contribution in [2.75, 3.05) is 26.2 Å².